The average Bonchev–Trinajstić information content (AvgIpc) is 2.96. The van der Waals surface area contributed by atoms with Crippen molar-refractivity contribution in [3.8, 4) is 0 Å². The van der Waals surface area contributed by atoms with E-state index in [4.69, 9.17) is 14.2 Å². The summed E-state index contributed by atoms with van der Waals surface area (Å²) in [5.74, 6) is -0.374. The van der Waals surface area contributed by atoms with Gasteiger partial charge in [-0.05, 0) is 54.4 Å². The Hall–Kier alpha value is -3.70. The largest absolute Gasteiger partial charge is 0.453 e. The number of anilines is 2. The van der Waals surface area contributed by atoms with Gasteiger partial charge in [-0.3, -0.25) is 14.4 Å². The molecule has 1 aliphatic rings. The number of hydrogen-bond donors (Lipinski definition) is 3. The van der Waals surface area contributed by atoms with Crippen LogP contribution >= 0.6 is 11.8 Å². The molecule has 1 aliphatic heterocycles. The third kappa shape index (κ3) is 8.89. The van der Waals surface area contributed by atoms with Crippen molar-refractivity contribution in [3.63, 3.8) is 0 Å². The molecular formula is C31H34N2O7S. The van der Waals surface area contributed by atoms with E-state index in [2.05, 4.69) is 10.6 Å². The third-order valence-electron chi connectivity index (χ3n) is 6.39. The molecule has 3 aromatic carbocycles. The van der Waals surface area contributed by atoms with Gasteiger partial charge in [0.25, 0.3) is 5.91 Å². The maximum absolute atomic E-state index is 12.3. The van der Waals surface area contributed by atoms with E-state index in [0.29, 0.717) is 17.9 Å². The molecule has 0 saturated carbocycles. The van der Waals surface area contributed by atoms with Crippen LogP contribution in [0.5, 0.6) is 0 Å². The van der Waals surface area contributed by atoms with E-state index >= 15 is 0 Å². The second-order valence-electron chi connectivity index (χ2n) is 9.73. The molecule has 2 amide bonds. The minimum atomic E-state index is -0.907. The summed E-state index contributed by atoms with van der Waals surface area (Å²) < 4.78 is 17.7. The van der Waals surface area contributed by atoms with Crippen LogP contribution in [0.25, 0.3) is 0 Å². The molecule has 0 aliphatic carbocycles. The van der Waals surface area contributed by atoms with Crippen LogP contribution in [0, 0.1) is 0 Å². The number of carbonyl (C=O) groups is 3. The van der Waals surface area contributed by atoms with Crippen molar-refractivity contribution >= 4 is 40.9 Å². The van der Waals surface area contributed by atoms with E-state index in [9.17, 15) is 19.5 Å². The molecule has 3 aromatic rings. The highest BCUT2D eigenvalue weighted by Crippen LogP contribution is 2.39. The number of hydrogen-bond acceptors (Lipinski definition) is 8. The molecule has 9 nitrogen and oxygen atoms in total. The molecule has 10 heteroatoms. The highest BCUT2D eigenvalue weighted by Gasteiger charge is 2.32. The Kier molecular flexibility index (Phi) is 10.5. The van der Waals surface area contributed by atoms with Gasteiger partial charge in [0.15, 0.2) is 12.4 Å². The van der Waals surface area contributed by atoms with Gasteiger partial charge in [-0.1, -0.05) is 36.4 Å². The minimum Gasteiger partial charge on any atom is -0.453 e. The molecule has 41 heavy (non-hydrogen) atoms. The fraction of sp³-hybridized carbons (Fsp3) is 0.323. The van der Waals surface area contributed by atoms with E-state index in [1.165, 1.54) is 20.8 Å². The molecule has 0 spiro atoms. The Morgan fingerprint density at radius 1 is 0.902 bits per heavy atom. The van der Waals surface area contributed by atoms with E-state index in [0.717, 1.165) is 27.3 Å². The predicted molar refractivity (Wildman–Crippen MR) is 156 cm³/mol. The average molecular weight is 579 g/mol. The highest BCUT2D eigenvalue weighted by molar-refractivity contribution is 7.99. The topological polar surface area (TPSA) is 123 Å². The number of benzene rings is 3. The van der Waals surface area contributed by atoms with Crippen LogP contribution in [0.15, 0.2) is 77.7 Å². The lowest BCUT2D eigenvalue weighted by molar-refractivity contribution is -0.245. The van der Waals surface area contributed by atoms with Crippen molar-refractivity contribution in [2.75, 3.05) is 16.4 Å². The standard InChI is InChI=1S/C31H34N2O7S/c1-19(38-21(3)36)30(37)33-26-10-8-24(9-11-26)31-39-27(16-29(40-31)23-6-4-22(17-34)5-7-23)18-41-28-14-12-25(13-15-28)32-20(2)35/h4-15,19,27,29,31,34H,16-18H2,1-3H3,(H,32,35)(H,33,37)/t19-,27+,29-,31-/m0/s1. The smallest absolute Gasteiger partial charge is 0.303 e. The monoisotopic (exact) mass is 578 g/mol. The second kappa shape index (κ2) is 14.3. The number of aliphatic hydroxyl groups excluding tert-OH is 1. The van der Waals surface area contributed by atoms with Crippen LogP contribution in [0.2, 0.25) is 0 Å². The van der Waals surface area contributed by atoms with Crippen LogP contribution < -0.4 is 10.6 Å². The van der Waals surface area contributed by atoms with Gasteiger partial charge in [0, 0.05) is 47.9 Å². The van der Waals surface area contributed by atoms with E-state index < -0.39 is 24.3 Å². The zero-order chi connectivity index (χ0) is 29.4. The Morgan fingerprint density at radius 3 is 2.12 bits per heavy atom. The maximum atomic E-state index is 12.3. The lowest BCUT2D eigenvalue weighted by atomic mass is 10.0. The number of thioether (sulfide) groups is 1. The van der Waals surface area contributed by atoms with Crippen LogP contribution in [0.4, 0.5) is 11.4 Å². The molecule has 4 atom stereocenters. The quantitative estimate of drug-likeness (QED) is 0.217. The van der Waals surface area contributed by atoms with Gasteiger partial charge in [0.1, 0.15) is 0 Å². The number of carbonyl (C=O) groups excluding carboxylic acids is 3. The first-order valence-electron chi connectivity index (χ1n) is 13.3. The van der Waals surface area contributed by atoms with Crippen LogP contribution in [-0.4, -0.2) is 40.9 Å². The Bertz CT molecular complexity index is 1330. The van der Waals surface area contributed by atoms with E-state index in [1.54, 1.807) is 23.9 Å². The first-order valence-corrected chi connectivity index (χ1v) is 14.3. The summed E-state index contributed by atoms with van der Waals surface area (Å²) in [6, 6.07) is 22.5. The van der Waals surface area contributed by atoms with Crippen molar-refractivity contribution in [2.45, 2.75) is 63.3 Å². The summed E-state index contributed by atoms with van der Waals surface area (Å²) >= 11 is 1.66. The zero-order valence-corrected chi connectivity index (χ0v) is 24.0. The third-order valence-corrected chi connectivity index (χ3v) is 7.53. The van der Waals surface area contributed by atoms with Gasteiger partial charge in [0.05, 0.1) is 18.8 Å². The molecule has 0 unspecified atom stereocenters. The van der Waals surface area contributed by atoms with Crippen LogP contribution in [0.1, 0.15) is 56.3 Å². The van der Waals surface area contributed by atoms with Crippen molar-refractivity contribution in [2.24, 2.45) is 0 Å². The van der Waals surface area contributed by atoms with Crippen molar-refractivity contribution < 1.29 is 33.7 Å². The number of aliphatic hydroxyl groups is 1. The van der Waals surface area contributed by atoms with Crippen molar-refractivity contribution in [1.82, 2.24) is 0 Å². The summed E-state index contributed by atoms with van der Waals surface area (Å²) in [4.78, 5) is 35.8. The summed E-state index contributed by atoms with van der Waals surface area (Å²) in [6.07, 6.45) is -1.24. The summed E-state index contributed by atoms with van der Waals surface area (Å²) in [6.45, 7) is 4.22. The lowest BCUT2D eigenvalue weighted by Gasteiger charge is -2.36. The van der Waals surface area contributed by atoms with Gasteiger partial charge in [-0.15, -0.1) is 11.8 Å². The van der Waals surface area contributed by atoms with Gasteiger partial charge < -0.3 is 30.0 Å². The molecule has 3 N–H and O–H groups in total. The molecule has 0 radical (unpaired) electrons. The molecule has 0 bridgehead atoms. The summed E-state index contributed by atoms with van der Waals surface area (Å²) in [5, 5.41) is 14.9. The first-order chi connectivity index (χ1) is 19.7. The fourth-order valence-electron chi connectivity index (χ4n) is 4.32. The Labute approximate surface area is 243 Å². The number of amides is 2. The second-order valence-corrected chi connectivity index (χ2v) is 10.8. The number of ether oxygens (including phenoxy) is 3. The fourth-order valence-corrected chi connectivity index (χ4v) is 5.24. The van der Waals surface area contributed by atoms with Crippen LogP contribution in [0.3, 0.4) is 0 Å². The Balaban J connectivity index is 1.46. The van der Waals surface area contributed by atoms with E-state index in [1.807, 2.05) is 60.7 Å². The van der Waals surface area contributed by atoms with Gasteiger partial charge >= 0.3 is 5.97 Å². The van der Waals surface area contributed by atoms with Gasteiger partial charge in [0.2, 0.25) is 5.91 Å². The molecular weight excluding hydrogens is 544 g/mol. The molecule has 1 heterocycles. The van der Waals surface area contributed by atoms with Gasteiger partial charge in [-0.2, -0.15) is 0 Å². The summed E-state index contributed by atoms with van der Waals surface area (Å²) in [7, 11) is 0. The predicted octanol–water partition coefficient (Wildman–Crippen LogP) is 5.37. The number of nitrogens with one attached hydrogen (secondary N) is 2. The zero-order valence-electron chi connectivity index (χ0n) is 23.2. The maximum Gasteiger partial charge on any atom is 0.303 e. The molecule has 1 saturated heterocycles. The van der Waals surface area contributed by atoms with Gasteiger partial charge in [-0.25, -0.2) is 0 Å². The van der Waals surface area contributed by atoms with Crippen molar-refractivity contribution in [3.05, 3.63) is 89.5 Å². The SMILES string of the molecule is CC(=O)Nc1ccc(SC[C@H]2C[C@@H](c3ccc(CO)cc3)O[C@@H](c3ccc(NC(=O)[C@H](C)OC(C)=O)cc3)O2)cc1. The molecule has 1 fully saturated rings. The summed E-state index contributed by atoms with van der Waals surface area (Å²) in [5.41, 5.74) is 3.92. The molecule has 4 rings (SSSR count). The first kappa shape index (κ1) is 30.3. The van der Waals surface area contributed by atoms with Crippen molar-refractivity contribution in [1.29, 1.82) is 0 Å². The van der Waals surface area contributed by atoms with Crippen LogP contribution in [-0.2, 0) is 35.2 Å². The Morgan fingerprint density at radius 2 is 1.51 bits per heavy atom. The highest BCUT2D eigenvalue weighted by atomic mass is 32.2. The normalized spacial score (nSPS) is 19.2. The lowest BCUT2D eigenvalue weighted by Crippen LogP contribution is -2.31. The minimum absolute atomic E-state index is 0.0277. The number of esters is 1. The molecule has 0 aromatic heterocycles. The van der Waals surface area contributed by atoms with E-state index in [-0.39, 0.29) is 24.7 Å². The molecule has 216 valence electrons. The number of rotatable bonds is 10.